The quantitative estimate of drug-likeness (QED) is 0.858. The highest BCUT2D eigenvalue weighted by atomic mass is 16.4. The van der Waals surface area contributed by atoms with Gasteiger partial charge < -0.3 is 10.4 Å². The van der Waals surface area contributed by atoms with Crippen molar-refractivity contribution >= 4 is 11.9 Å². The number of hydrogen-bond donors (Lipinski definition) is 2. The molecule has 1 aliphatic rings. The van der Waals surface area contributed by atoms with Crippen molar-refractivity contribution in [2.75, 3.05) is 0 Å². The normalized spacial score (nSPS) is 15.0. The average Bonchev–Trinajstić information content (AvgIpc) is 3.40. The topological polar surface area (TPSA) is 79.3 Å². The number of amides is 1. The standard InChI is InChI=1S/C18H18N2O3/c21-17(14-8-9-19-15(11-14)13-6-7-13)20-16(18(22)23)10-12-4-2-1-3-5-12/h1-5,8-9,11,13,16H,6-7,10H2,(H,20,21)(H,22,23)/t16-/m1/s1. The number of carbonyl (C=O) groups excluding carboxylic acids is 1. The van der Waals surface area contributed by atoms with Gasteiger partial charge in [-0.05, 0) is 30.5 Å². The molecule has 1 aromatic carbocycles. The Morgan fingerprint density at radius 3 is 2.61 bits per heavy atom. The van der Waals surface area contributed by atoms with Gasteiger partial charge in [0.1, 0.15) is 6.04 Å². The van der Waals surface area contributed by atoms with Crippen molar-refractivity contribution in [3.05, 3.63) is 65.5 Å². The first-order valence-electron chi connectivity index (χ1n) is 7.67. The van der Waals surface area contributed by atoms with Crippen LogP contribution >= 0.6 is 0 Å². The largest absolute Gasteiger partial charge is 0.480 e. The summed E-state index contributed by atoms with van der Waals surface area (Å²) in [5, 5.41) is 12.0. The Hall–Kier alpha value is -2.69. The van der Waals surface area contributed by atoms with E-state index in [1.165, 1.54) is 0 Å². The van der Waals surface area contributed by atoms with Gasteiger partial charge in [-0.3, -0.25) is 9.78 Å². The molecule has 1 saturated carbocycles. The minimum absolute atomic E-state index is 0.252. The van der Waals surface area contributed by atoms with E-state index in [9.17, 15) is 14.7 Å². The van der Waals surface area contributed by atoms with E-state index in [2.05, 4.69) is 10.3 Å². The Balaban J connectivity index is 1.70. The van der Waals surface area contributed by atoms with Crippen LogP contribution in [0.25, 0.3) is 0 Å². The van der Waals surface area contributed by atoms with E-state index < -0.39 is 12.0 Å². The highest BCUT2D eigenvalue weighted by Gasteiger charge is 2.26. The van der Waals surface area contributed by atoms with Crippen molar-refractivity contribution in [3.8, 4) is 0 Å². The van der Waals surface area contributed by atoms with Gasteiger partial charge in [-0.2, -0.15) is 0 Å². The Labute approximate surface area is 134 Å². The lowest BCUT2D eigenvalue weighted by Gasteiger charge is -2.15. The van der Waals surface area contributed by atoms with Gasteiger partial charge in [0, 0.05) is 29.8 Å². The molecule has 5 nitrogen and oxygen atoms in total. The van der Waals surface area contributed by atoms with Crippen molar-refractivity contribution in [3.63, 3.8) is 0 Å². The summed E-state index contributed by atoms with van der Waals surface area (Å²) in [5.41, 5.74) is 2.24. The SMILES string of the molecule is O=C(N[C@H](Cc1ccccc1)C(=O)O)c1ccnc(C2CC2)c1. The second-order valence-corrected chi connectivity index (χ2v) is 5.80. The van der Waals surface area contributed by atoms with Gasteiger partial charge in [0.15, 0.2) is 0 Å². The van der Waals surface area contributed by atoms with Gasteiger partial charge in [0.25, 0.3) is 5.91 Å². The maximum absolute atomic E-state index is 12.3. The molecule has 1 amide bonds. The number of benzene rings is 1. The number of carbonyl (C=O) groups is 2. The number of rotatable bonds is 6. The molecular formula is C18H18N2O3. The molecule has 1 atom stereocenters. The van der Waals surface area contributed by atoms with Crippen molar-refractivity contribution in [1.82, 2.24) is 10.3 Å². The van der Waals surface area contributed by atoms with Gasteiger partial charge >= 0.3 is 5.97 Å². The predicted octanol–water partition coefficient (Wildman–Crippen LogP) is 2.38. The summed E-state index contributed by atoms with van der Waals surface area (Å²) in [5.74, 6) is -0.973. The van der Waals surface area contributed by atoms with Crippen LogP contribution in [0.3, 0.4) is 0 Å². The smallest absolute Gasteiger partial charge is 0.326 e. The molecule has 0 bridgehead atoms. The third kappa shape index (κ3) is 3.94. The summed E-state index contributed by atoms with van der Waals surface area (Å²) in [6.45, 7) is 0. The summed E-state index contributed by atoms with van der Waals surface area (Å²) in [6, 6.07) is 11.7. The Morgan fingerprint density at radius 1 is 1.22 bits per heavy atom. The number of hydrogen-bond acceptors (Lipinski definition) is 3. The van der Waals surface area contributed by atoms with Crippen molar-refractivity contribution in [2.24, 2.45) is 0 Å². The fourth-order valence-corrected chi connectivity index (χ4v) is 2.48. The highest BCUT2D eigenvalue weighted by Crippen LogP contribution is 2.38. The van der Waals surface area contributed by atoms with Gasteiger partial charge in [-0.1, -0.05) is 30.3 Å². The van der Waals surface area contributed by atoms with E-state index in [0.29, 0.717) is 11.5 Å². The lowest BCUT2D eigenvalue weighted by atomic mass is 10.1. The molecule has 2 N–H and O–H groups in total. The fraction of sp³-hybridized carbons (Fsp3) is 0.278. The predicted molar refractivity (Wildman–Crippen MR) is 85.2 cm³/mol. The maximum Gasteiger partial charge on any atom is 0.326 e. The first kappa shape index (κ1) is 15.2. The van der Waals surface area contributed by atoms with Crippen LogP contribution in [-0.2, 0) is 11.2 Å². The molecule has 1 heterocycles. The second-order valence-electron chi connectivity index (χ2n) is 5.80. The number of carboxylic acid groups (broad SMARTS) is 1. The van der Waals surface area contributed by atoms with Crippen LogP contribution in [0.1, 0.15) is 40.4 Å². The average molecular weight is 310 g/mol. The lowest BCUT2D eigenvalue weighted by Crippen LogP contribution is -2.42. The monoisotopic (exact) mass is 310 g/mol. The Bertz CT molecular complexity index is 711. The summed E-state index contributed by atoms with van der Waals surface area (Å²) < 4.78 is 0. The van der Waals surface area contributed by atoms with Crippen LogP contribution in [-0.4, -0.2) is 28.0 Å². The van der Waals surface area contributed by atoms with Gasteiger partial charge in [0.05, 0.1) is 0 Å². The molecule has 1 aromatic heterocycles. The number of nitrogens with zero attached hydrogens (tertiary/aromatic N) is 1. The van der Waals surface area contributed by atoms with Crippen molar-refractivity contribution < 1.29 is 14.7 Å². The van der Waals surface area contributed by atoms with Crippen LogP contribution in [0.2, 0.25) is 0 Å². The molecule has 1 fully saturated rings. The Kier molecular flexibility index (Phi) is 4.37. The lowest BCUT2D eigenvalue weighted by molar-refractivity contribution is -0.139. The molecule has 0 radical (unpaired) electrons. The van der Waals surface area contributed by atoms with Crippen LogP contribution in [0, 0.1) is 0 Å². The molecule has 23 heavy (non-hydrogen) atoms. The highest BCUT2D eigenvalue weighted by molar-refractivity contribution is 5.96. The molecule has 0 spiro atoms. The number of aromatic nitrogens is 1. The summed E-state index contributed by atoms with van der Waals surface area (Å²) in [4.78, 5) is 28.0. The molecule has 5 heteroatoms. The maximum atomic E-state index is 12.3. The summed E-state index contributed by atoms with van der Waals surface area (Å²) in [7, 11) is 0. The first-order valence-corrected chi connectivity index (χ1v) is 7.67. The molecule has 118 valence electrons. The second kappa shape index (κ2) is 6.60. The van der Waals surface area contributed by atoms with E-state index >= 15 is 0 Å². The van der Waals surface area contributed by atoms with Crippen LogP contribution in [0.4, 0.5) is 0 Å². The molecule has 2 aromatic rings. The Morgan fingerprint density at radius 2 is 1.96 bits per heavy atom. The zero-order valence-electron chi connectivity index (χ0n) is 12.6. The molecular weight excluding hydrogens is 292 g/mol. The van der Waals surface area contributed by atoms with E-state index in [1.54, 1.807) is 18.3 Å². The zero-order chi connectivity index (χ0) is 16.2. The number of nitrogens with one attached hydrogen (secondary N) is 1. The van der Waals surface area contributed by atoms with E-state index in [4.69, 9.17) is 0 Å². The van der Waals surface area contributed by atoms with Gasteiger partial charge in [-0.15, -0.1) is 0 Å². The minimum Gasteiger partial charge on any atom is -0.480 e. The zero-order valence-corrected chi connectivity index (χ0v) is 12.6. The molecule has 3 rings (SSSR count). The molecule has 1 aliphatic carbocycles. The first-order chi connectivity index (χ1) is 11.1. The summed E-state index contributed by atoms with van der Waals surface area (Å²) >= 11 is 0. The molecule has 0 saturated heterocycles. The third-order valence-corrected chi connectivity index (χ3v) is 3.92. The summed E-state index contributed by atoms with van der Waals surface area (Å²) in [6.07, 6.45) is 4.06. The van der Waals surface area contributed by atoms with E-state index in [0.717, 1.165) is 24.1 Å². The number of aliphatic carboxylic acids is 1. The van der Waals surface area contributed by atoms with Crippen molar-refractivity contribution in [2.45, 2.75) is 31.2 Å². The van der Waals surface area contributed by atoms with Crippen molar-refractivity contribution in [1.29, 1.82) is 0 Å². The van der Waals surface area contributed by atoms with Gasteiger partial charge in [0.2, 0.25) is 0 Å². The van der Waals surface area contributed by atoms with E-state index in [1.807, 2.05) is 30.3 Å². The molecule has 0 aliphatic heterocycles. The van der Waals surface area contributed by atoms with E-state index in [-0.39, 0.29) is 12.3 Å². The minimum atomic E-state index is -1.04. The van der Waals surface area contributed by atoms with Crippen LogP contribution in [0.5, 0.6) is 0 Å². The number of pyridine rings is 1. The third-order valence-electron chi connectivity index (χ3n) is 3.92. The van der Waals surface area contributed by atoms with Crippen LogP contribution in [0.15, 0.2) is 48.7 Å². The molecule has 0 unspecified atom stereocenters. The van der Waals surface area contributed by atoms with Gasteiger partial charge in [-0.25, -0.2) is 4.79 Å². The number of carboxylic acids is 1. The fourth-order valence-electron chi connectivity index (χ4n) is 2.48. The van der Waals surface area contributed by atoms with Crippen LogP contribution < -0.4 is 5.32 Å².